The third-order valence-corrected chi connectivity index (χ3v) is 2.81. The molecule has 1 heterocycles. The number of aliphatic hydroxyl groups excluding tert-OH is 8. The van der Waals surface area contributed by atoms with Gasteiger partial charge in [-0.15, -0.1) is 0 Å². The molecule has 0 saturated carbocycles. The molecule has 10 heteroatoms. The molecule has 1 fully saturated rings. The van der Waals surface area contributed by atoms with Crippen LogP contribution in [0, 0.1) is 0 Å². The highest BCUT2D eigenvalue weighted by atomic mass is 16.6. The average molecular weight is 314 g/mol. The SMILES string of the molecule is C[C@H](O)[C@H](O)[C@@H](O)[C@@H](O)C=O.OC1OC[C@@H](O)[C@H](O)[C@H]1O. The fourth-order valence-corrected chi connectivity index (χ4v) is 1.36. The molecule has 8 N–H and O–H groups in total. The lowest BCUT2D eigenvalue weighted by Crippen LogP contribution is -2.52. The molecule has 1 rings (SSSR count). The van der Waals surface area contributed by atoms with Crippen LogP contribution < -0.4 is 0 Å². The Hall–Kier alpha value is -0.690. The van der Waals surface area contributed by atoms with E-state index in [4.69, 9.17) is 40.9 Å². The van der Waals surface area contributed by atoms with E-state index in [0.717, 1.165) is 0 Å². The van der Waals surface area contributed by atoms with Gasteiger partial charge in [0.05, 0.1) is 12.7 Å². The molecular formula is C11H22O10. The van der Waals surface area contributed by atoms with Crippen LogP contribution in [0.2, 0.25) is 0 Å². The van der Waals surface area contributed by atoms with Gasteiger partial charge in [-0.3, -0.25) is 0 Å². The van der Waals surface area contributed by atoms with E-state index < -0.39 is 49.0 Å². The molecule has 0 aromatic carbocycles. The molecule has 0 amide bonds. The van der Waals surface area contributed by atoms with E-state index in [0.29, 0.717) is 0 Å². The van der Waals surface area contributed by atoms with E-state index in [1.165, 1.54) is 6.92 Å². The Morgan fingerprint density at radius 3 is 1.90 bits per heavy atom. The van der Waals surface area contributed by atoms with Crippen LogP contribution in [0.25, 0.3) is 0 Å². The smallest absolute Gasteiger partial charge is 0.183 e. The van der Waals surface area contributed by atoms with E-state index >= 15 is 0 Å². The standard InChI is InChI=1S/C6H12O5.C5H10O5/c1-3(8)5(10)6(11)4(9)2-7;6-2-1-10-5(9)4(8)3(2)7/h2-6,8-11H,1H3;2-9H,1H2/t3-,4-,5-,6-;2-,3+,4-,5?/m01/s1. The van der Waals surface area contributed by atoms with E-state index in [-0.39, 0.29) is 12.9 Å². The Kier molecular flexibility index (Phi) is 9.04. The van der Waals surface area contributed by atoms with E-state index in [1.54, 1.807) is 0 Å². The number of hydrogen-bond donors (Lipinski definition) is 8. The second-order valence-electron chi connectivity index (χ2n) is 4.62. The van der Waals surface area contributed by atoms with Gasteiger partial charge < -0.3 is 50.4 Å². The molecular weight excluding hydrogens is 292 g/mol. The monoisotopic (exact) mass is 314 g/mol. The van der Waals surface area contributed by atoms with Crippen molar-refractivity contribution in [3.8, 4) is 0 Å². The second-order valence-corrected chi connectivity index (χ2v) is 4.62. The molecule has 0 aliphatic carbocycles. The van der Waals surface area contributed by atoms with Crippen molar-refractivity contribution >= 4 is 6.29 Å². The van der Waals surface area contributed by atoms with Crippen LogP contribution in [0.15, 0.2) is 0 Å². The zero-order valence-electron chi connectivity index (χ0n) is 11.3. The lowest BCUT2D eigenvalue weighted by molar-refractivity contribution is -0.252. The van der Waals surface area contributed by atoms with Gasteiger partial charge in [0, 0.05) is 0 Å². The van der Waals surface area contributed by atoms with Crippen LogP contribution in [-0.2, 0) is 9.53 Å². The summed E-state index contributed by atoms with van der Waals surface area (Å²) in [6, 6.07) is 0. The minimum Gasteiger partial charge on any atom is -0.391 e. The van der Waals surface area contributed by atoms with Gasteiger partial charge in [-0.2, -0.15) is 0 Å². The Morgan fingerprint density at radius 1 is 1.00 bits per heavy atom. The van der Waals surface area contributed by atoms with Gasteiger partial charge in [0.1, 0.15) is 36.6 Å². The molecule has 126 valence electrons. The van der Waals surface area contributed by atoms with Crippen molar-refractivity contribution in [2.45, 2.75) is 55.9 Å². The molecule has 1 saturated heterocycles. The minimum absolute atomic E-state index is 0.0935. The highest BCUT2D eigenvalue weighted by Gasteiger charge is 2.36. The van der Waals surface area contributed by atoms with Crippen LogP contribution in [0.4, 0.5) is 0 Å². The van der Waals surface area contributed by atoms with Crippen LogP contribution in [0.1, 0.15) is 6.92 Å². The number of aldehydes is 1. The van der Waals surface area contributed by atoms with E-state index in [9.17, 15) is 4.79 Å². The van der Waals surface area contributed by atoms with Gasteiger partial charge in [0.2, 0.25) is 0 Å². The van der Waals surface area contributed by atoms with Crippen molar-refractivity contribution in [1.29, 1.82) is 0 Å². The molecule has 1 aliphatic heterocycles. The maximum atomic E-state index is 9.87. The molecule has 1 unspecified atom stereocenters. The minimum atomic E-state index is -1.65. The quantitative estimate of drug-likeness (QED) is 0.233. The normalized spacial score (nSPS) is 34.9. The average Bonchev–Trinajstić information content (AvgIpc) is 2.47. The lowest BCUT2D eigenvalue weighted by Gasteiger charge is -2.31. The van der Waals surface area contributed by atoms with Crippen LogP contribution in [0.3, 0.4) is 0 Å². The first-order chi connectivity index (χ1) is 9.63. The molecule has 0 radical (unpaired) electrons. The van der Waals surface area contributed by atoms with Gasteiger partial charge in [-0.05, 0) is 6.92 Å². The van der Waals surface area contributed by atoms with Gasteiger partial charge in [0.15, 0.2) is 12.6 Å². The maximum Gasteiger partial charge on any atom is 0.183 e. The molecule has 21 heavy (non-hydrogen) atoms. The predicted octanol–water partition coefficient (Wildman–Crippen LogP) is -4.93. The van der Waals surface area contributed by atoms with Crippen molar-refractivity contribution in [1.82, 2.24) is 0 Å². The Balaban J connectivity index is 0.000000382. The topological polar surface area (TPSA) is 188 Å². The molecule has 0 aromatic heterocycles. The largest absolute Gasteiger partial charge is 0.391 e. The van der Waals surface area contributed by atoms with Gasteiger partial charge in [-0.1, -0.05) is 0 Å². The second kappa shape index (κ2) is 9.35. The molecule has 0 spiro atoms. The van der Waals surface area contributed by atoms with E-state index in [2.05, 4.69) is 4.74 Å². The Bertz CT molecular complexity index is 285. The Morgan fingerprint density at radius 2 is 1.52 bits per heavy atom. The van der Waals surface area contributed by atoms with Crippen LogP contribution >= 0.6 is 0 Å². The van der Waals surface area contributed by atoms with Crippen molar-refractivity contribution in [2.24, 2.45) is 0 Å². The first-order valence-electron chi connectivity index (χ1n) is 6.14. The maximum absolute atomic E-state index is 9.87. The van der Waals surface area contributed by atoms with Crippen molar-refractivity contribution in [3.05, 3.63) is 0 Å². The zero-order chi connectivity index (χ0) is 16.7. The van der Waals surface area contributed by atoms with Crippen molar-refractivity contribution in [3.63, 3.8) is 0 Å². The fraction of sp³-hybridized carbons (Fsp3) is 0.909. The number of ether oxygens (including phenoxy) is 1. The summed E-state index contributed by atoms with van der Waals surface area (Å²) in [5, 5.41) is 70.3. The first-order valence-corrected chi connectivity index (χ1v) is 6.14. The summed E-state index contributed by atoms with van der Waals surface area (Å²) in [6.07, 6.45) is -11.1. The summed E-state index contributed by atoms with van der Waals surface area (Å²) in [5.74, 6) is 0. The number of rotatable bonds is 4. The number of carbonyl (C=O) groups excluding carboxylic acids is 1. The first kappa shape index (κ1) is 20.3. The molecule has 1 aliphatic rings. The Labute approximate surface area is 120 Å². The lowest BCUT2D eigenvalue weighted by atomic mass is 10.1. The van der Waals surface area contributed by atoms with E-state index in [1.807, 2.05) is 0 Å². The third kappa shape index (κ3) is 6.30. The summed E-state index contributed by atoms with van der Waals surface area (Å²) in [6.45, 7) is 1.09. The third-order valence-electron chi connectivity index (χ3n) is 2.81. The van der Waals surface area contributed by atoms with Gasteiger partial charge in [0.25, 0.3) is 0 Å². The summed E-state index contributed by atoms with van der Waals surface area (Å²) < 4.78 is 4.47. The molecule has 0 bridgehead atoms. The van der Waals surface area contributed by atoms with Crippen LogP contribution in [-0.4, -0.2) is 103 Å². The summed E-state index contributed by atoms with van der Waals surface area (Å²) >= 11 is 0. The molecule has 10 nitrogen and oxygen atoms in total. The van der Waals surface area contributed by atoms with Crippen LogP contribution in [0.5, 0.6) is 0 Å². The molecule has 0 aromatic rings. The highest BCUT2D eigenvalue weighted by Crippen LogP contribution is 2.12. The van der Waals surface area contributed by atoms with Crippen molar-refractivity contribution < 1.29 is 50.4 Å². The number of carbonyl (C=O) groups is 1. The fourth-order valence-electron chi connectivity index (χ4n) is 1.36. The zero-order valence-corrected chi connectivity index (χ0v) is 11.3. The number of aliphatic hydroxyl groups is 8. The van der Waals surface area contributed by atoms with Gasteiger partial charge in [-0.25, -0.2) is 0 Å². The molecule has 8 atom stereocenters. The highest BCUT2D eigenvalue weighted by molar-refractivity contribution is 5.56. The summed E-state index contributed by atoms with van der Waals surface area (Å²) in [4.78, 5) is 9.87. The summed E-state index contributed by atoms with van der Waals surface area (Å²) in [7, 11) is 0. The number of hydrogen-bond acceptors (Lipinski definition) is 10. The predicted molar refractivity (Wildman–Crippen MR) is 65.7 cm³/mol. The van der Waals surface area contributed by atoms with Crippen molar-refractivity contribution in [2.75, 3.05) is 6.61 Å². The summed E-state index contributed by atoms with van der Waals surface area (Å²) in [5.41, 5.74) is 0. The van der Waals surface area contributed by atoms with Gasteiger partial charge >= 0.3 is 0 Å².